The minimum Gasteiger partial charge on any atom is -0.493 e. The van der Waals surface area contributed by atoms with Crippen molar-refractivity contribution in [3.8, 4) is 16.9 Å². The fraction of sp³-hybridized carbons (Fsp3) is 0.0769. The van der Waals surface area contributed by atoms with Crippen LogP contribution in [-0.2, 0) is 0 Å². The van der Waals surface area contributed by atoms with Crippen LogP contribution in [0.1, 0.15) is 0 Å². The zero-order valence-electron chi connectivity index (χ0n) is 9.31. The maximum atomic E-state index is 14.0. The summed E-state index contributed by atoms with van der Waals surface area (Å²) in [5.41, 5.74) is 0.406. The molecule has 0 aliphatic heterocycles. The third-order valence-electron chi connectivity index (χ3n) is 2.48. The van der Waals surface area contributed by atoms with Crippen LogP contribution in [0.2, 0.25) is 5.02 Å². The Kier molecular flexibility index (Phi) is 3.88. The minimum absolute atomic E-state index is 0.00709. The molecule has 0 saturated carbocycles. The largest absolute Gasteiger partial charge is 0.493 e. The highest BCUT2D eigenvalue weighted by molar-refractivity contribution is 9.10. The summed E-state index contributed by atoms with van der Waals surface area (Å²) in [6.07, 6.45) is 0. The van der Waals surface area contributed by atoms with Crippen LogP contribution in [0.3, 0.4) is 0 Å². The molecule has 0 saturated heterocycles. The molecule has 94 valence electrons. The first-order chi connectivity index (χ1) is 8.56. The van der Waals surface area contributed by atoms with E-state index in [-0.39, 0.29) is 15.8 Å². The first kappa shape index (κ1) is 13.3. The Bertz CT molecular complexity index is 602. The lowest BCUT2D eigenvalue weighted by Crippen LogP contribution is -1.97. The predicted molar refractivity (Wildman–Crippen MR) is 71.1 cm³/mol. The minimum atomic E-state index is -0.659. The summed E-state index contributed by atoms with van der Waals surface area (Å²) in [4.78, 5) is 0. The van der Waals surface area contributed by atoms with Crippen molar-refractivity contribution in [3.63, 3.8) is 0 Å². The molecular weight excluding hydrogens is 325 g/mol. The van der Waals surface area contributed by atoms with E-state index in [0.717, 1.165) is 6.07 Å². The molecule has 0 bridgehead atoms. The molecule has 1 nitrogen and oxygen atoms in total. The monoisotopic (exact) mass is 332 g/mol. The standard InChI is InChI=1S/C13H8BrClF2O/c1-18-13-11(7-4-2-3-5-9(7)15)10(16)6-8(14)12(13)17/h2-6H,1H3. The van der Waals surface area contributed by atoms with E-state index in [1.165, 1.54) is 7.11 Å². The van der Waals surface area contributed by atoms with Crippen molar-refractivity contribution in [2.75, 3.05) is 7.11 Å². The van der Waals surface area contributed by atoms with Crippen molar-refractivity contribution in [1.29, 1.82) is 0 Å². The summed E-state index contributed by atoms with van der Waals surface area (Å²) in [5, 5.41) is 0.330. The van der Waals surface area contributed by atoms with Crippen LogP contribution >= 0.6 is 27.5 Å². The van der Waals surface area contributed by atoms with Crippen LogP contribution in [0.4, 0.5) is 8.78 Å². The molecule has 0 atom stereocenters. The summed E-state index contributed by atoms with van der Waals surface area (Å²) in [7, 11) is 1.28. The van der Waals surface area contributed by atoms with Gasteiger partial charge < -0.3 is 4.74 Å². The molecule has 0 fully saturated rings. The number of halogens is 4. The van der Waals surface area contributed by atoms with Gasteiger partial charge in [0.2, 0.25) is 0 Å². The van der Waals surface area contributed by atoms with Gasteiger partial charge in [0.1, 0.15) is 5.82 Å². The van der Waals surface area contributed by atoms with Crippen LogP contribution in [0.15, 0.2) is 34.8 Å². The van der Waals surface area contributed by atoms with Crippen molar-refractivity contribution in [2.45, 2.75) is 0 Å². The zero-order valence-corrected chi connectivity index (χ0v) is 11.6. The lowest BCUT2D eigenvalue weighted by Gasteiger charge is -2.13. The normalized spacial score (nSPS) is 10.5. The second-order valence-corrected chi connectivity index (χ2v) is 4.80. The Hall–Kier alpha value is -1.13. The quantitative estimate of drug-likeness (QED) is 0.698. The van der Waals surface area contributed by atoms with E-state index in [1.54, 1.807) is 24.3 Å². The van der Waals surface area contributed by atoms with Gasteiger partial charge in [-0.25, -0.2) is 8.78 Å². The van der Waals surface area contributed by atoms with Gasteiger partial charge in [-0.05, 0) is 28.1 Å². The molecule has 0 N–H and O–H groups in total. The van der Waals surface area contributed by atoms with Gasteiger partial charge in [-0.2, -0.15) is 0 Å². The summed E-state index contributed by atoms with van der Waals surface area (Å²) in [6.45, 7) is 0. The van der Waals surface area contributed by atoms with Crippen molar-refractivity contribution >= 4 is 27.5 Å². The number of methoxy groups -OCH3 is 1. The van der Waals surface area contributed by atoms with E-state index < -0.39 is 11.6 Å². The summed E-state index contributed by atoms with van der Waals surface area (Å²) >= 11 is 8.93. The molecule has 0 radical (unpaired) electrons. The van der Waals surface area contributed by atoms with E-state index in [1.807, 2.05) is 0 Å². The van der Waals surface area contributed by atoms with E-state index in [0.29, 0.717) is 10.6 Å². The van der Waals surface area contributed by atoms with Crippen LogP contribution in [0.5, 0.6) is 5.75 Å². The van der Waals surface area contributed by atoms with E-state index in [4.69, 9.17) is 16.3 Å². The molecule has 0 unspecified atom stereocenters. The topological polar surface area (TPSA) is 9.23 Å². The van der Waals surface area contributed by atoms with Gasteiger partial charge in [0.15, 0.2) is 11.6 Å². The first-order valence-electron chi connectivity index (χ1n) is 5.02. The molecule has 18 heavy (non-hydrogen) atoms. The highest BCUT2D eigenvalue weighted by Gasteiger charge is 2.21. The second-order valence-electron chi connectivity index (χ2n) is 3.54. The van der Waals surface area contributed by atoms with Gasteiger partial charge in [-0.3, -0.25) is 0 Å². The number of benzene rings is 2. The molecular formula is C13H8BrClF2O. The number of hydrogen-bond donors (Lipinski definition) is 0. The lowest BCUT2D eigenvalue weighted by atomic mass is 10.0. The fourth-order valence-electron chi connectivity index (χ4n) is 1.68. The molecule has 5 heteroatoms. The molecule has 2 rings (SSSR count). The van der Waals surface area contributed by atoms with Gasteiger partial charge in [0.05, 0.1) is 17.1 Å². The Labute approximate surface area is 116 Å². The fourth-order valence-corrected chi connectivity index (χ4v) is 2.29. The van der Waals surface area contributed by atoms with Gasteiger partial charge in [-0.1, -0.05) is 29.8 Å². The maximum Gasteiger partial charge on any atom is 0.180 e. The van der Waals surface area contributed by atoms with Gasteiger partial charge in [-0.15, -0.1) is 0 Å². The summed E-state index contributed by atoms with van der Waals surface area (Å²) in [6, 6.07) is 7.67. The number of rotatable bonds is 2. The molecule has 0 amide bonds. The van der Waals surface area contributed by atoms with Gasteiger partial charge in [0.25, 0.3) is 0 Å². The SMILES string of the molecule is COc1c(F)c(Br)cc(F)c1-c1ccccc1Cl. The Morgan fingerprint density at radius 3 is 2.50 bits per heavy atom. The van der Waals surface area contributed by atoms with Crippen LogP contribution in [0, 0.1) is 11.6 Å². The number of ether oxygens (including phenoxy) is 1. The van der Waals surface area contributed by atoms with Crippen LogP contribution in [0.25, 0.3) is 11.1 Å². The highest BCUT2D eigenvalue weighted by Crippen LogP contribution is 2.40. The Balaban J connectivity index is 2.79. The van der Waals surface area contributed by atoms with Crippen molar-refractivity contribution in [1.82, 2.24) is 0 Å². The van der Waals surface area contributed by atoms with Crippen LogP contribution in [-0.4, -0.2) is 7.11 Å². The molecule has 0 spiro atoms. The smallest absolute Gasteiger partial charge is 0.180 e. The highest BCUT2D eigenvalue weighted by atomic mass is 79.9. The maximum absolute atomic E-state index is 14.0. The Morgan fingerprint density at radius 1 is 1.22 bits per heavy atom. The third kappa shape index (κ3) is 2.22. The molecule has 0 aliphatic carbocycles. The average Bonchev–Trinajstić information content (AvgIpc) is 2.34. The van der Waals surface area contributed by atoms with E-state index >= 15 is 0 Å². The zero-order chi connectivity index (χ0) is 13.3. The van der Waals surface area contributed by atoms with Crippen molar-refractivity contribution in [3.05, 3.63) is 51.5 Å². The molecule has 2 aromatic rings. The predicted octanol–water partition coefficient (Wildman–Crippen LogP) is 5.06. The lowest BCUT2D eigenvalue weighted by molar-refractivity contribution is 0.383. The van der Waals surface area contributed by atoms with Crippen molar-refractivity contribution < 1.29 is 13.5 Å². The van der Waals surface area contributed by atoms with Gasteiger partial charge >= 0.3 is 0 Å². The molecule has 0 aliphatic rings. The molecule has 0 heterocycles. The molecule has 2 aromatic carbocycles. The van der Waals surface area contributed by atoms with E-state index in [9.17, 15) is 8.78 Å². The van der Waals surface area contributed by atoms with Crippen LogP contribution < -0.4 is 4.74 Å². The average molecular weight is 334 g/mol. The summed E-state index contributed by atoms with van der Waals surface area (Å²) < 4.78 is 32.8. The van der Waals surface area contributed by atoms with E-state index in [2.05, 4.69) is 15.9 Å². The third-order valence-corrected chi connectivity index (χ3v) is 3.38. The first-order valence-corrected chi connectivity index (χ1v) is 6.19. The summed E-state index contributed by atoms with van der Waals surface area (Å²) in [5.74, 6) is -1.43. The number of hydrogen-bond acceptors (Lipinski definition) is 1. The van der Waals surface area contributed by atoms with Gasteiger partial charge in [0, 0.05) is 10.6 Å². The Morgan fingerprint density at radius 2 is 1.89 bits per heavy atom. The second kappa shape index (κ2) is 5.24. The van der Waals surface area contributed by atoms with Crippen molar-refractivity contribution in [2.24, 2.45) is 0 Å². The molecule has 0 aromatic heterocycles.